The van der Waals surface area contributed by atoms with E-state index in [9.17, 15) is 27.9 Å². The molecule has 1 aromatic rings. The Bertz CT molecular complexity index is 515. The van der Waals surface area contributed by atoms with Crippen LogP contribution in [0.3, 0.4) is 0 Å². The number of carbonyl (C=O) groups is 2. The summed E-state index contributed by atoms with van der Waals surface area (Å²) in [5, 5.41) is 19.1. The number of hydrogen-bond donors (Lipinski definition) is 3. The summed E-state index contributed by atoms with van der Waals surface area (Å²) in [5.74, 6) is -4.96. The second kappa shape index (κ2) is 4.73. The summed E-state index contributed by atoms with van der Waals surface area (Å²) in [6, 6.07) is 1.63. The van der Waals surface area contributed by atoms with Crippen molar-refractivity contribution in [1.29, 1.82) is 0 Å². The number of hydrogen-bond acceptors (Lipinski definition) is 3. The van der Waals surface area contributed by atoms with Gasteiger partial charge in [-0.2, -0.15) is 13.2 Å². The maximum atomic E-state index is 12.0. The topological polar surface area (TPSA) is 86.6 Å². The van der Waals surface area contributed by atoms with Gasteiger partial charge in [0.25, 0.3) is 0 Å². The minimum atomic E-state index is -5.17. The highest BCUT2D eigenvalue weighted by molar-refractivity contribution is 6.31. The molecule has 0 aliphatic carbocycles. The van der Waals surface area contributed by atoms with E-state index in [1.165, 1.54) is 5.32 Å². The molecule has 1 rings (SSSR count). The molecule has 1 aromatic carbocycles. The average Bonchev–Trinajstić information content (AvgIpc) is 2.21. The van der Waals surface area contributed by atoms with Crippen LogP contribution < -0.4 is 5.32 Å². The molecule has 0 aliphatic heterocycles. The molecule has 0 unspecified atom stereocenters. The first kappa shape index (κ1) is 14.1. The van der Waals surface area contributed by atoms with E-state index in [1.54, 1.807) is 0 Å². The van der Waals surface area contributed by atoms with Crippen molar-refractivity contribution >= 4 is 29.2 Å². The van der Waals surface area contributed by atoms with Crippen LogP contribution in [0.2, 0.25) is 5.02 Å². The van der Waals surface area contributed by atoms with Crippen molar-refractivity contribution in [3.63, 3.8) is 0 Å². The van der Waals surface area contributed by atoms with Gasteiger partial charge < -0.3 is 15.5 Å². The summed E-state index contributed by atoms with van der Waals surface area (Å²) >= 11 is 5.46. The molecule has 0 fully saturated rings. The van der Waals surface area contributed by atoms with E-state index in [4.69, 9.17) is 16.7 Å². The first-order chi connectivity index (χ1) is 8.12. The fourth-order valence-corrected chi connectivity index (χ4v) is 1.27. The van der Waals surface area contributed by atoms with Crippen LogP contribution in [0.15, 0.2) is 12.1 Å². The highest BCUT2D eigenvalue weighted by Gasteiger charge is 2.39. The molecule has 0 saturated carbocycles. The molecule has 1 amide bonds. The summed E-state index contributed by atoms with van der Waals surface area (Å²) in [7, 11) is 0. The van der Waals surface area contributed by atoms with Crippen LogP contribution in [0.4, 0.5) is 18.9 Å². The molecule has 0 aromatic heterocycles. The quantitative estimate of drug-likeness (QED) is 0.727. The van der Waals surface area contributed by atoms with Crippen molar-refractivity contribution in [2.75, 3.05) is 5.32 Å². The molecule has 0 saturated heterocycles. The Morgan fingerprint density at radius 2 is 1.83 bits per heavy atom. The third kappa shape index (κ3) is 3.04. The van der Waals surface area contributed by atoms with Gasteiger partial charge >= 0.3 is 18.1 Å². The van der Waals surface area contributed by atoms with E-state index in [0.717, 1.165) is 12.1 Å². The number of halogens is 4. The van der Waals surface area contributed by atoms with E-state index in [0.29, 0.717) is 0 Å². The third-order valence-electron chi connectivity index (χ3n) is 1.81. The van der Waals surface area contributed by atoms with E-state index in [1.807, 2.05) is 0 Å². The zero-order chi connectivity index (χ0) is 14.1. The molecule has 5 nitrogen and oxygen atoms in total. The Hall–Kier alpha value is -1.96. The zero-order valence-corrected chi connectivity index (χ0v) is 9.13. The lowest BCUT2D eigenvalue weighted by Crippen LogP contribution is -2.30. The van der Waals surface area contributed by atoms with Crippen LogP contribution in [-0.4, -0.2) is 28.3 Å². The molecule has 0 atom stereocenters. The lowest BCUT2D eigenvalue weighted by molar-refractivity contribution is -0.167. The molecule has 9 heteroatoms. The second-order valence-electron chi connectivity index (χ2n) is 3.11. The second-order valence-corrected chi connectivity index (χ2v) is 3.54. The van der Waals surface area contributed by atoms with Crippen LogP contribution in [0, 0.1) is 0 Å². The van der Waals surface area contributed by atoms with Gasteiger partial charge in [0, 0.05) is 5.02 Å². The van der Waals surface area contributed by atoms with Gasteiger partial charge in [0.05, 0.1) is 5.69 Å². The smallest absolute Gasteiger partial charge is 0.471 e. The lowest BCUT2D eigenvalue weighted by Gasteiger charge is -2.11. The minimum absolute atomic E-state index is 0.248. The summed E-state index contributed by atoms with van der Waals surface area (Å²) in [6.45, 7) is 0. The van der Waals surface area contributed by atoms with Gasteiger partial charge in [-0.25, -0.2) is 4.79 Å². The van der Waals surface area contributed by atoms with E-state index in [2.05, 4.69) is 0 Å². The molecule has 18 heavy (non-hydrogen) atoms. The van der Waals surface area contributed by atoms with Gasteiger partial charge in [-0.3, -0.25) is 4.79 Å². The third-order valence-corrected chi connectivity index (χ3v) is 2.03. The maximum absolute atomic E-state index is 12.0. The summed E-state index contributed by atoms with van der Waals surface area (Å²) in [5.41, 5.74) is -1.46. The van der Waals surface area contributed by atoms with Crippen LogP contribution in [-0.2, 0) is 4.79 Å². The molecule has 0 spiro atoms. The molecule has 98 valence electrons. The Labute approximate surface area is 103 Å². The van der Waals surface area contributed by atoms with Gasteiger partial charge in [0.2, 0.25) is 0 Å². The number of carboxylic acids is 1. The predicted molar refractivity (Wildman–Crippen MR) is 54.8 cm³/mol. The van der Waals surface area contributed by atoms with Crippen LogP contribution in [0.1, 0.15) is 10.4 Å². The number of aromatic carboxylic acids is 1. The number of carboxylic acid groups (broad SMARTS) is 1. The van der Waals surface area contributed by atoms with Crippen molar-refractivity contribution in [2.24, 2.45) is 0 Å². The fraction of sp³-hybridized carbons (Fsp3) is 0.111. The van der Waals surface area contributed by atoms with Gasteiger partial charge in [0.15, 0.2) is 5.75 Å². The van der Waals surface area contributed by atoms with Gasteiger partial charge in [-0.15, -0.1) is 0 Å². The van der Waals surface area contributed by atoms with Gasteiger partial charge in [0.1, 0.15) is 5.56 Å². The Kier molecular flexibility index (Phi) is 3.70. The van der Waals surface area contributed by atoms with Crippen LogP contribution >= 0.6 is 11.6 Å². The van der Waals surface area contributed by atoms with Crippen molar-refractivity contribution in [1.82, 2.24) is 0 Å². The zero-order valence-electron chi connectivity index (χ0n) is 8.38. The summed E-state index contributed by atoms with van der Waals surface area (Å²) in [4.78, 5) is 21.3. The number of aromatic hydroxyl groups is 1. The Morgan fingerprint density at radius 1 is 1.28 bits per heavy atom. The first-order valence-corrected chi connectivity index (χ1v) is 4.64. The molecule has 3 N–H and O–H groups in total. The highest BCUT2D eigenvalue weighted by atomic mass is 35.5. The van der Waals surface area contributed by atoms with Gasteiger partial charge in [-0.05, 0) is 12.1 Å². The first-order valence-electron chi connectivity index (χ1n) is 4.27. The largest absolute Gasteiger partial charge is 0.505 e. The van der Waals surface area contributed by atoms with E-state index < -0.39 is 35.1 Å². The predicted octanol–water partition coefficient (Wildman–Crippen LogP) is 2.24. The lowest BCUT2D eigenvalue weighted by atomic mass is 10.1. The fourth-order valence-electron chi connectivity index (χ4n) is 1.05. The monoisotopic (exact) mass is 283 g/mol. The maximum Gasteiger partial charge on any atom is 0.471 e. The van der Waals surface area contributed by atoms with E-state index >= 15 is 0 Å². The van der Waals surface area contributed by atoms with Crippen LogP contribution in [0.25, 0.3) is 0 Å². The molecule has 0 radical (unpaired) electrons. The molecule has 0 aliphatic rings. The van der Waals surface area contributed by atoms with Gasteiger partial charge in [-0.1, -0.05) is 11.6 Å². The normalized spacial score (nSPS) is 11.1. The number of rotatable bonds is 2. The summed E-state index contributed by atoms with van der Waals surface area (Å²) in [6.07, 6.45) is -5.17. The number of amides is 1. The Balaban J connectivity index is 3.18. The van der Waals surface area contributed by atoms with E-state index in [-0.39, 0.29) is 5.02 Å². The minimum Gasteiger partial charge on any atom is -0.505 e. The molecular formula is C9H5ClF3NO4. The average molecular weight is 284 g/mol. The number of alkyl halides is 3. The molecule has 0 heterocycles. The van der Waals surface area contributed by atoms with Crippen molar-refractivity contribution in [3.05, 3.63) is 22.7 Å². The van der Waals surface area contributed by atoms with Crippen LogP contribution in [0.5, 0.6) is 5.75 Å². The number of carbonyl (C=O) groups excluding carboxylic acids is 1. The summed E-state index contributed by atoms with van der Waals surface area (Å²) < 4.78 is 35.9. The van der Waals surface area contributed by atoms with Crippen molar-refractivity contribution in [2.45, 2.75) is 6.18 Å². The molecular weight excluding hydrogens is 279 g/mol. The van der Waals surface area contributed by atoms with Crippen molar-refractivity contribution < 1.29 is 33.0 Å². The number of benzene rings is 1. The SMILES string of the molecule is O=C(O)c1cc(Cl)cc(NC(=O)C(F)(F)F)c1O. The Morgan fingerprint density at radius 3 is 2.28 bits per heavy atom. The highest BCUT2D eigenvalue weighted by Crippen LogP contribution is 2.32. The molecule has 0 bridgehead atoms. The number of phenols is 1. The standard InChI is InChI=1S/C9H5ClF3NO4/c10-3-1-4(7(16)17)6(15)5(2-3)14-8(18)9(11,12)13/h1-2,15H,(H,14,18)(H,16,17). The number of anilines is 1. The van der Waals surface area contributed by atoms with Crippen molar-refractivity contribution in [3.8, 4) is 5.75 Å². The number of nitrogens with one attached hydrogen (secondary N) is 1.